The Hall–Kier alpha value is -2.50. The summed E-state index contributed by atoms with van der Waals surface area (Å²) in [5, 5.41) is 2.96. The fourth-order valence-corrected chi connectivity index (χ4v) is 4.61. The van der Waals surface area contributed by atoms with Gasteiger partial charge < -0.3 is 20.4 Å². The normalized spacial score (nSPS) is 15.2. The third-order valence-electron chi connectivity index (χ3n) is 5.69. The lowest BCUT2D eigenvalue weighted by atomic mass is 10.1. The molecule has 0 radical (unpaired) electrons. The van der Waals surface area contributed by atoms with Gasteiger partial charge in [0.2, 0.25) is 5.91 Å². The van der Waals surface area contributed by atoms with Crippen molar-refractivity contribution >= 4 is 45.5 Å². The number of imidazole rings is 1. The molecule has 3 heterocycles. The van der Waals surface area contributed by atoms with Crippen molar-refractivity contribution in [1.82, 2.24) is 24.8 Å². The molecule has 2 aromatic heterocycles. The van der Waals surface area contributed by atoms with E-state index in [0.29, 0.717) is 43.7 Å². The van der Waals surface area contributed by atoms with E-state index in [2.05, 4.69) is 55.0 Å². The number of aryl methyl sites for hydroxylation is 1. The van der Waals surface area contributed by atoms with E-state index in [0.717, 1.165) is 40.0 Å². The first-order valence-electron chi connectivity index (χ1n) is 10.4. The molecule has 0 bridgehead atoms. The summed E-state index contributed by atoms with van der Waals surface area (Å²) in [5.74, 6) is 1.95. The van der Waals surface area contributed by atoms with Crippen LogP contribution in [0.15, 0.2) is 12.1 Å². The van der Waals surface area contributed by atoms with Crippen molar-refractivity contribution in [2.24, 2.45) is 5.92 Å². The number of nitrogens with two attached hydrogens (primary N) is 1. The zero-order chi connectivity index (χ0) is 21.5. The number of anilines is 1. The van der Waals surface area contributed by atoms with Crippen molar-refractivity contribution in [3.63, 3.8) is 0 Å². The molecule has 5 rings (SSSR count). The van der Waals surface area contributed by atoms with E-state index in [1.54, 1.807) is 0 Å². The fraction of sp³-hybridized carbons (Fsp3) is 0.429. The lowest BCUT2D eigenvalue weighted by Gasteiger charge is -2.11. The molecule has 31 heavy (non-hydrogen) atoms. The summed E-state index contributed by atoms with van der Waals surface area (Å²) in [6.07, 6.45) is 3.19. The van der Waals surface area contributed by atoms with Gasteiger partial charge in [0.25, 0.3) is 0 Å². The SMILES string of the molecule is Nc1nc(F)nc2c1nc(Cc1cc3c(cc1I)CCO3)n2CCCNC(=O)C1CC1. The summed E-state index contributed by atoms with van der Waals surface area (Å²) in [6, 6.07) is 4.20. The van der Waals surface area contributed by atoms with Gasteiger partial charge in [0, 0.05) is 35.4 Å². The molecule has 0 unspecified atom stereocenters. The molecule has 1 fully saturated rings. The van der Waals surface area contributed by atoms with Crippen LogP contribution in [0, 0.1) is 15.6 Å². The molecule has 1 aliphatic heterocycles. The first kappa shape index (κ1) is 20.4. The molecule has 162 valence electrons. The van der Waals surface area contributed by atoms with Crippen LogP contribution in [0.1, 0.15) is 36.2 Å². The highest BCUT2D eigenvalue weighted by molar-refractivity contribution is 14.1. The number of amides is 1. The average Bonchev–Trinajstić information content (AvgIpc) is 3.40. The van der Waals surface area contributed by atoms with E-state index >= 15 is 0 Å². The minimum atomic E-state index is -0.875. The van der Waals surface area contributed by atoms with Gasteiger partial charge in [-0.2, -0.15) is 14.4 Å². The quantitative estimate of drug-likeness (QED) is 0.273. The van der Waals surface area contributed by atoms with Crippen LogP contribution in [0.3, 0.4) is 0 Å². The number of carbonyl (C=O) groups excluding carboxylic acids is 1. The van der Waals surface area contributed by atoms with Crippen molar-refractivity contribution in [3.05, 3.63) is 38.7 Å². The highest BCUT2D eigenvalue weighted by Gasteiger charge is 2.29. The molecular weight excluding hydrogens is 514 g/mol. The number of nitrogen functional groups attached to an aromatic ring is 1. The van der Waals surface area contributed by atoms with Gasteiger partial charge in [-0.3, -0.25) is 4.79 Å². The molecule has 8 nitrogen and oxygen atoms in total. The number of rotatable bonds is 7. The van der Waals surface area contributed by atoms with Crippen molar-refractivity contribution in [2.75, 3.05) is 18.9 Å². The number of hydrogen-bond donors (Lipinski definition) is 2. The lowest BCUT2D eigenvalue weighted by Crippen LogP contribution is -2.26. The maximum atomic E-state index is 13.9. The van der Waals surface area contributed by atoms with Crippen molar-refractivity contribution in [2.45, 2.75) is 38.6 Å². The van der Waals surface area contributed by atoms with Crippen molar-refractivity contribution in [1.29, 1.82) is 0 Å². The summed E-state index contributed by atoms with van der Waals surface area (Å²) < 4.78 is 22.6. The van der Waals surface area contributed by atoms with Crippen LogP contribution in [0.5, 0.6) is 5.75 Å². The third kappa shape index (κ3) is 4.17. The van der Waals surface area contributed by atoms with Gasteiger partial charge in [0.15, 0.2) is 17.0 Å². The maximum Gasteiger partial charge on any atom is 0.312 e. The van der Waals surface area contributed by atoms with Gasteiger partial charge in [-0.25, -0.2) is 4.98 Å². The van der Waals surface area contributed by atoms with Gasteiger partial charge in [-0.1, -0.05) is 0 Å². The number of nitrogens with one attached hydrogen (secondary N) is 1. The molecule has 3 N–H and O–H groups in total. The second-order valence-electron chi connectivity index (χ2n) is 7.98. The third-order valence-corrected chi connectivity index (χ3v) is 6.69. The number of hydrogen-bond acceptors (Lipinski definition) is 6. The molecule has 0 saturated heterocycles. The highest BCUT2D eigenvalue weighted by Crippen LogP contribution is 2.31. The average molecular weight is 536 g/mol. The molecule has 0 spiro atoms. The molecular formula is C21H22FIN6O2. The number of ether oxygens (including phenoxy) is 1. The maximum absolute atomic E-state index is 13.9. The van der Waals surface area contributed by atoms with Crippen LogP contribution in [0.2, 0.25) is 0 Å². The molecule has 0 atom stereocenters. The van der Waals surface area contributed by atoms with Crippen LogP contribution in [-0.4, -0.2) is 38.6 Å². The number of carbonyl (C=O) groups is 1. The van der Waals surface area contributed by atoms with E-state index in [9.17, 15) is 9.18 Å². The smallest absolute Gasteiger partial charge is 0.312 e. The van der Waals surface area contributed by atoms with E-state index < -0.39 is 6.08 Å². The summed E-state index contributed by atoms with van der Waals surface area (Å²) in [7, 11) is 0. The molecule has 1 aliphatic carbocycles. The largest absolute Gasteiger partial charge is 0.493 e. The van der Waals surface area contributed by atoms with Crippen molar-refractivity contribution in [3.8, 4) is 5.75 Å². The second kappa shape index (κ2) is 8.21. The Morgan fingerprint density at radius 1 is 1.32 bits per heavy atom. The zero-order valence-electron chi connectivity index (χ0n) is 16.8. The molecule has 3 aromatic rings. The summed E-state index contributed by atoms with van der Waals surface area (Å²) >= 11 is 2.32. The first-order valence-corrected chi connectivity index (χ1v) is 11.5. The number of nitrogens with zero attached hydrogens (tertiary/aromatic N) is 4. The Balaban J connectivity index is 1.43. The molecule has 2 aliphatic rings. The van der Waals surface area contributed by atoms with Gasteiger partial charge in [-0.05, 0) is 65.1 Å². The van der Waals surface area contributed by atoms with Crippen LogP contribution in [0.4, 0.5) is 10.2 Å². The zero-order valence-corrected chi connectivity index (χ0v) is 19.0. The van der Waals surface area contributed by atoms with Crippen LogP contribution >= 0.6 is 22.6 Å². The van der Waals surface area contributed by atoms with E-state index in [1.807, 2.05) is 4.57 Å². The number of aromatic nitrogens is 4. The summed E-state index contributed by atoms with van der Waals surface area (Å²) in [4.78, 5) is 24.1. The van der Waals surface area contributed by atoms with Gasteiger partial charge >= 0.3 is 6.08 Å². The first-order chi connectivity index (χ1) is 15.0. The van der Waals surface area contributed by atoms with Crippen LogP contribution in [0.25, 0.3) is 11.2 Å². The van der Waals surface area contributed by atoms with E-state index in [-0.39, 0.29) is 17.6 Å². The van der Waals surface area contributed by atoms with Gasteiger partial charge in [-0.15, -0.1) is 0 Å². The van der Waals surface area contributed by atoms with Crippen LogP contribution in [-0.2, 0) is 24.2 Å². The molecule has 10 heteroatoms. The standard InChI is InChI=1S/C21H22FIN6O2/c22-21-27-18(24)17-19(28-21)29(6-1-5-25-20(30)11-2-3-11)16(26-17)10-13-9-15-12(4-7-31-15)8-14(13)23/h8-9,11H,1-7,10H2,(H,25,30)(H2,24,27,28). The Morgan fingerprint density at radius 2 is 2.16 bits per heavy atom. The van der Waals surface area contributed by atoms with Crippen LogP contribution < -0.4 is 15.8 Å². The van der Waals surface area contributed by atoms with E-state index in [4.69, 9.17) is 10.5 Å². The van der Waals surface area contributed by atoms with E-state index in [1.165, 1.54) is 5.56 Å². The Bertz CT molecular complexity index is 1180. The lowest BCUT2D eigenvalue weighted by molar-refractivity contribution is -0.122. The topological polar surface area (TPSA) is 108 Å². The molecule has 1 saturated carbocycles. The second-order valence-corrected chi connectivity index (χ2v) is 9.14. The number of fused-ring (bicyclic) bond motifs is 2. The predicted octanol–water partition coefficient (Wildman–Crippen LogP) is 2.59. The summed E-state index contributed by atoms with van der Waals surface area (Å²) in [5.41, 5.74) is 8.98. The van der Waals surface area contributed by atoms with Crippen molar-refractivity contribution < 1.29 is 13.9 Å². The predicted molar refractivity (Wildman–Crippen MR) is 121 cm³/mol. The minimum absolute atomic E-state index is 0.0246. The van der Waals surface area contributed by atoms with Gasteiger partial charge in [0.05, 0.1) is 6.61 Å². The Labute approximate surface area is 191 Å². The number of benzene rings is 1. The molecule has 1 aromatic carbocycles. The Morgan fingerprint density at radius 3 is 2.97 bits per heavy atom. The number of halogens is 2. The monoisotopic (exact) mass is 536 g/mol. The highest BCUT2D eigenvalue weighted by atomic mass is 127. The Kier molecular flexibility index (Phi) is 5.40. The minimum Gasteiger partial charge on any atom is -0.493 e. The van der Waals surface area contributed by atoms with Gasteiger partial charge in [0.1, 0.15) is 11.6 Å². The fourth-order valence-electron chi connectivity index (χ4n) is 3.89. The molecule has 1 amide bonds. The summed E-state index contributed by atoms with van der Waals surface area (Å²) in [6.45, 7) is 1.78.